The molecular formula is C17H26FN3S. The maximum Gasteiger partial charge on any atom is 0.103 e. The number of aliphatic imine (C=N–C) groups is 1. The number of nitrogens with two attached hydrogens (primary N) is 1. The zero-order chi connectivity index (χ0) is 15.7. The monoisotopic (exact) mass is 323 g/mol. The van der Waals surface area contributed by atoms with Crippen molar-refractivity contribution in [1.82, 2.24) is 5.32 Å². The molecule has 0 aromatic rings. The van der Waals surface area contributed by atoms with Crippen molar-refractivity contribution in [2.24, 2.45) is 16.6 Å². The van der Waals surface area contributed by atoms with Gasteiger partial charge in [0.2, 0.25) is 0 Å². The second-order valence-corrected chi connectivity index (χ2v) is 7.34. The van der Waals surface area contributed by atoms with Crippen LogP contribution in [0.1, 0.15) is 45.4 Å². The fourth-order valence-corrected chi connectivity index (χ4v) is 4.26. The number of allylic oxidation sites excluding steroid dienone is 3. The maximum atomic E-state index is 13.6. The van der Waals surface area contributed by atoms with E-state index in [-0.39, 0.29) is 23.3 Å². The van der Waals surface area contributed by atoms with E-state index in [1.165, 1.54) is 5.57 Å². The Bertz CT molecular complexity index is 514. The van der Waals surface area contributed by atoms with Crippen molar-refractivity contribution in [1.29, 1.82) is 0 Å². The number of hydrogen-bond donors (Lipinski definition) is 3. The second-order valence-electron chi connectivity index (χ2n) is 6.78. The van der Waals surface area contributed by atoms with E-state index in [9.17, 15) is 4.39 Å². The average molecular weight is 323 g/mol. The molecule has 3 aliphatic rings. The summed E-state index contributed by atoms with van der Waals surface area (Å²) in [6.07, 6.45) is 9.61. The normalized spacial score (nSPS) is 39.8. The van der Waals surface area contributed by atoms with Crippen molar-refractivity contribution in [3.05, 3.63) is 23.0 Å². The van der Waals surface area contributed by atoms with Gasteiger partial charge >= 0.3 is 0 Å². The molecule has 1 aliphatic carbocycles. The number of hydrogen-bond acceptors (Lipinski definition) is 4. The van der Waals surface area contributed by atoms with Gasteiger partial charge in [0.25, 0.3) is 0 Å². The van der Waals surface area contributed by atoms with Crippen LogP contribution in [0.4, 0.5) is 4.39 Å². The first kappa shape index (κ1) is 16.2. The largest absolute Gasteiger partial charge is 0.326 e. The first-order valence-electron chi connectivity index (χ1n) is 8.33. The molecule has 0 amide bonds. The van der Waals surface area contributed by atoms with Crippen LogP contribution in [-0.2, 0) is 0 Å². The van der Waals surface area contributed by atoms with E-state index in [1.807, 2.05) is 19.2 Å². The molecule has 5 heteroatoms. The molecule has 3 N–H and O–H groups in total. The summed E-state index contributed by atoms with van der Waals surface area (Å²) in [5, 5.41) is 3.64. The van der Waals surface area contributed by atoms with Crippen LogP contribution in [0.15, 0.2) is 28.0 Å². The van der Waals surface area contributed by atoms with Crippen molar-refractivity contribution in [3.8, 4) is 0 Å². The second kappa shape index (κ2) is 6.85. The number of nitrogens with one attached hydrogen (secondary N) is 1. The lowest BCUT2D eigenvalue weighted by molar-refractivity contribution is 0.233. The number of halogens is 1. The molecule has 2 heterocycles. The van der Waals surface area contributed by atoms with Crippen LogP contribution in [0.5, 0.6) is 0 Å². The van der Waals surface area contributed by atoms with Gasteiger partial charge in [0, 0.05) is 24.4 Å². The standard InChI is InChI=1S/C17H26FN3S/c1-10-9-11(4-5-13(10)18)16-12(3-2-8-20-16)15-7-6-14(19)17(22)21-15/h8-9,12,14-17,21-22H,2-7,19H2,1H3. The van der Waals surface area contributed by atoms with Crippen LogP contribution in [0, 0.1) is 5.92 Å². The van der Waals surface area contributed by atoms with Crippen LogP contribution in [0.2, 0.25) is 0 Å². The van der Waals surface area contributed by atoms with Crippen LogP contribution < -0.4 is 11.1 Å². The SMILES string of the molecule is CC1=C(F)CCC(C2N=CCCC2C2CCC(N)C(S)N2)=C1. The van der Waals surface area contributed by atoms with Gasteiger partial charge in [-0.1, -0.05) is 6.08 Å². The van der Waals surface area contributed by atoms with Gasteiger partial charge in [-0.05, 0) is 56.4 Å². The molecule has 0 bridgehead atoms. The minimum Gasteiger partial charge on any atom is -0.326 e. The predicted molar refractivity (Wildman–Crippen MR) is 93.0 cm³/mol. The number of piperidine rings is 1. The Kier molecular flexibility index (Phi) is 5.05. The molecule has 0 spiro atoms. The summed E-state index contributed by atoms with van der Waals surface area (Å²) in [6.45, 7) is 1.86. The summed E-state index contributed by atoms with van der Waals surface area (Å²) in [7, 11) is 0. The fourth-order valence-electron chi connectivity index (χ4n) is 3.92. The van der Waals surface area contributed by atoms with E-state index < -0.39 is 0 Å². The molecule has 3 nitrogen and oxygen atoms in total. The van der Waals surface area contributed by atoms with Gasteiger partial charge in [-0.2, -0.15) is 12.6 Å². The molecular weight excluding hydrogens is 297 g/mol. The van der Waals surface area contributed by atoms with Crippen molar-refractivity contribution < 1.29 is 4.39 Å². The minimum atomic E-state index is 0.0253. The summed E-state index contributed by atoms with van der Waals surface area (Å²) in [5.74, 6) is 0.490. The molecule has 5 atom stereocenters. The van der Waals surface area contributed by atoms with E-state index in [2.05, 4.69) is 17.9 Å². The summed E-state index contributed by atoms with van der Waals surface area (Å²) in [4.78, 5) is 4.78. The van der Waals surface area contributed by atoms with Crippen LogP contribution in [0.25, 0.3) is 0 Å². The predicted octanol–water partition coefficient (Wildman–Crippen LogP) is 3.13. The Morgan fingerprint density at radius 1 is 1.32 bits per heavy atom. The van der Waals surface area contributed by atoms with Crippen molar-refractivity contribution in [3.63, 3.8) is 0 Å². The summed E-state index contributed by atoms with van der Waals surface area (Å²) in [6, 6.07) is 0.712. The molecule has 0 saturated carbocycles. The molecule has 1 fully saturated rings. The Morgan fingerprint density at radius 2 is 2.14 bits per heavy atom. The Labute approximate surface area is 137 Å². The van der Waals surface area contributed by atoms with Crippen molar-refractivity contribution in [2.75, 3.05) is 0 Å². The molecule has 0 aromatic carbocycles. The van der Waals surface area contributed by atoms with Gasteiger partial charge in [0.1, 0.15) is 5.83 Å². The fraction of sp³-hybridized carbons (Fsp3) is 0.706. The molecule has 0 radical (unpaired) electrons. The quantitative estimate of drug-likeness (QED) is 0.684. The lowest BCUT2D eigenvalue weighted by Crippen LogP contribution is -2.55. The lowest BCUT2D eigenvalue weighted by Gasteiger charge is -2.41. The Balaban J connectivity index is 1.79. The third-order valence-corrected chi connectivity index (χ3v) is 5.79. The molecule has 0 aromatic heterocycles. The van der Waals surface area contributed by atoms with Crippen LogP contribution in [0.3, 0.4) is 0 Å². The van der Waals surface area contributed by atoms with Gasteiger partial charge in [0.15, 0.2) is 0 Å². The lowest BCUT2D eigenvalue weighted by atomic mass is 9.76. The van der Waals surface area contributed by atoms with Gasteiger partial charge in [-0.25, -0.2) is 4.39 Å². The molecule has 3 rings (SSSR count). The minimum absolute atomic E-state index is 0.0253. The summed E-state index contributed by atoms with van der Waals surface area (Å²) in [5.41, 5.74) is 8.11. The highest BCUT2D eigenvalue weighted by molar-refractivity contribution is 7.81. The summed E-state index contributed by atoms with van der Waals surface area (Å²) < 4.78 is 13.6. The van der Waals surface area contributed by atoms with Gasteiger partial charge in [-0.3, -0.25) is 4.99 Å². The van der Waals surface area contributed by atoms with E-state index >= 15 is 0 Å². The van der Waals surface area contributed by atoms with Crippen LogP contribution in [-0.4, -0.2) is 29.7 Å². The van der Waals surface area contributed by atoms with E-state index in [0.29, 0.717) is 18.4 Å². The number of nitrogens with zero attached hydrogens (tertiary/aromatic N) is 1. The molecule has 22 heavy (non-hydrogen) atoms. The topological polar surface area (TPSA) is 50.4 Å². The van der Waals surface area contributed by atoms with E-state index in [4.69, 9.17) is 10.7 Å². The first-order valence-corrected chi connectivity index (χ1v) is 8.85. The highest BCUT2D eigenvalue weighted by atomic mass is 32.1. The highest BCUT2D eigenvalue weighted by Gasteiger charge is 2.37. The third-order valence-electron chi connectivity index (χ3n) is 5.26. The Morgan fingerprint density at radius 3 is 2.86 bits per heavy atom. The first-order chi connectivity index (χ1) is 10.6. The van der Waals surface area contributed by atoms with Crippen molar-refractivity contribution >= 4 is 18.8 Å². The number of thiol groups is 1. The smallest absolute Gasteiger partial charge is 0.103 e. The summed E-state index contributed by atoms with van der Waals surface area (Å²) >= 11 is 4.57. The molecule has 122 valence electrons. The zero-order valence-electron chi connectivity index (χ0n) is 13.1. The zero-order valence-corrected chi connectivity index (χ0v) is 14.0. The highest BCUT2D eigenvalue weighted by Crippen LogP contribution is 2.36. The molecule has 1 saturated heterocycles. The number of rotatable bonds is 2. The van der Waals surface area contributed by atoms with Crippen molar-refractivity contribution in [2.45, 2.75) is 68.9 Å². The van der Waals surface area contributed by atoms with Gasteiger partial charge < -0.3 is 11.1 Å². The maximum absolute atomic E-state index is 13.6. The van der Waals surface area contributed by atoms with Crippen LogP contribution >= 0.6 is 12.6 Å². The van der Waals surface area contributed by atoms with E-state index in [0.717, 1.165) is 37.7 Å². The third kappa shape index (κ3) is 3.31. The average Bonchev–Trinajstić information content (AvgIpc) is 2.53. The van der Waals surface area contributed by atoms with Gasteiger partial charge in [0.05, 0.1) is 11.4 Å². The van der Waals surface area contributed by atoms with Gasteiger partial charge in [-0.15, -0.1) is 0 Å². The van der Waals surface area contributed by atoms with E-state index in [1.54, 1.807) is 0 Å². The molecule has 2 aliphatic heterocycles. The Hall–Kier alpha value is -0.650. The molecule has 5 unspecified atom stereocenters.